The Kier molecular flexibility index (Phi) is 4.58. The van der Waals surface area contributed by atoms with Crippen molar-refractivity contribution >= 4 is 29.0 Å². The van der Waals surface area contributed by atoms with E-state index < -0.39 is 11.7 Å². The minimum atomic E-state index is -0.587. The van der Waals surface area contributed by atoms with E-state index >= 15 is 0 Å². The van der Waals surface area contributed by atoms with E-state index in [1.165, 1.54) is 23.5 Å². The van der Waals surface area contributed by atoms with Crippen LogP contribution in [0.4, 0.5) is 9.18 Å². The number of halogens is 2. The lowest BCUT2D eigenvalue weighted by Crippen LogP contribution is -2.43. The minimum Gasteiger partial charge on any atom is -0.444 e. The minimum absolute atomic E-state index is 0.329. The fourth-order valence-electron chi connectivity index (χ4n) is 2.91. The summed E-state index contributed by atoms with van der Waals surface area (Å²) in [6.45, 7) is 6.01. The van der Waals surface area contributed by atoms with E-state index in [0.717, 1.165) is 22.4 Å². The van der Waals surface area contributed by atoms with Crippen molar-refractivity contribution in [3.05, 3.63) is 56.5 Å². The van der Waals surface area contributed by atoms with E-state index in [-0.39, 0.29) is 11.9 Å². The van der Waals surface area contributed by atoms with Crippen molar-refractivity contribution in [2.45, 2.75) is 38.8 Å². The van der Waals surface area contributed by atoms with Gasteiger partial charge in [-0.3, -0.25) is 4.90 Å². The first kappa shape index (κ1) is 17.2. The molecule has 1 aromatic heterocycles. The number of carbonyl (C=O) groups excluding carboxylic acids is 1. The molecule has 6 heteroatoms. The molecule has 128 valence electrons. The number of thiophene rings is 1. The van der Waals surface area contributed by atoms with Crippen LogP contribution in [0.15, 0.2) is 30.3 Å². The van der Waals surface area contributed by atoms with Gasteiger partial charge in [0.1, 0.15) is 11.4 Å². The maximum atomic E-state index is 13.7. The molecule has 3 rings (SSSR count). The van der Waals surface area contributed by atoms with E-state index in [1.807, 2.05) is 32.9 Å². The van der Waals surface area contributed by atoms with Gasteiger partial charge in [0, 0.05) is 11.4 Å². The van der Waals surface area contributed by atoms with Gasteiger partial charge in [0.25, 0.3) is 0 Å². The van der Waals surface area contributed by atoms with Crippen molar-refractivity contribution < 1.29 is 13.9 Å². The molecule has 3 nitrogen and oxygen atoms in total. The van der Waals surface area contributed by atoms with Crippen molar-refractivity contribution in [2.75, 3.05) is 6.54 Å². The number of ether oxygens (including phenoxy) is 1. The topological polar surface area (TPSA) is 29.5 Å². The molecule has 1 amide bonds. The summed E-state index contributed by atoms with van der Waals surface area (Å²) in [5.74, 6) is -0.329. The van der Waals surface area contributed by atoms with Crippen molar-refractivity contribution in [1.29, 1.82) is 0 Å². The number of fused-ring (bicyclic) bond motifs is 1. The fourth-order valence-corrected chi connectivity index (χ4v) is 4.21. The number of carbonyl (C=O) groups is 1. The highest BCUT2D eigenvalue weighted by Gasteiger charge is 2.36. The van der Waals surface area contributed by atoms with Gasteiger partial charge in [-0.25, -0.2) is 9.18 Å². The number of amides is 1. The lowest BCUT2D eigenvalue weighted by atomic mass is 9.93. The Bertz CT molecular complexity index is 769. The molecule has 0 N–H and O–H groups in total. The highest BCUT2D eigenvalue weighted by atomic mass is 35.5. The van der Waals surface area contributed by atoms with Gasteiger partial charge in [0.15, 0.2) is 0 Å². The Morgan fingerprint density at radius 3 is 2.79 bits per heavy atom. The highest BCUT2D eigenvalue weighted by Crippen LogP contribution is 2.41. The van der Waals surface area contributed by atoms with E-state index in [1.54, 1.807) is 11.0 Å². The van der Waals surface area contributed by atoms with Crippen molar-refractivity contribution in [3.63, 3.8) is 0 Å². The number of benzene rings is 1. The van der Waals surface area contributed by atoms with E-state index in [0.29, 0.717) is 10.9 Å². The molecule has 0 fully saturated rings. The molecule has 0 radical (unpaired) electrons. The summed E-state index contributed by atoms with van der Waals surface area (Å²) in [6, 6.07) is 7.82. The quantitative estimate of drug-likeness (QED) is 0.673. The van der Waals surface area contributed by atoms with Crippen LogP contribution >= 0.6 is 22.9 Å². The third kappa shape index (κ3) is 3.57. The maximum absolute atomic E-state index is 13.7. The number of hydrogen-bond donors (Lipinski definition) is 0. The van der Waals surface area contributed by atoms with E-state index in [4.69, 9.17) is 16.3 Å². The number of rotatable bonds is 1. The molecule has 0 bridgehead atoms. The Morgan fingerprint density at radius 1 is 1.38 bits per heavy atom. The zero-order chi connectivity index (χ0) is 17.5. The average Bonchev–Trinajstić information content (AvgIpc) is 2.84. The van der Waals surface area contributed by atoms with Gasteiger partial charge in [-0.1, -0.05) is 23.7 Å². The Morgan fingerprint density at radius 2 is 2.12 bits per heavy atom. The lowest BCUT2D eigenvalue weighted by molar-refractivity contribution is 0.0179. The summed E-state index contributed by atoms with van der Waals surface area (Å²) < 4.78 is 20.0. The SMILES string of the molecule is CC(C)(C)OC(=O)N1CCc2sc(Cl)cc2C1c1cccc(F)c1. The molecule has 0 spiro atoms. The molecule has 1 aliphatic rings. The Balaban J connectivity index is 2.04. The van der Waals surface area contributed by atoms with Crippen LogP contribution in [-0.4, -0.2) is 23.1 Å². The predicted molar refractivity (Wildman–Crippen MR) is 94.2 cm³/mol. The largest absolute Gasteiger partial charge is 0.444 e. The first-order chi connectivity index (χ1) is 11.2. The normalized spacial score (nSPS) is 17.5. The smallest absolute Gasteiger partial charge is 0.411 e. The molecule has 1 aromatic carbocycles. The lowest BCUT2D eigenvalue weighted by Gasteiger charge is -2.37. The highest BCUT2D eigenvalue weighted by molar-refractivity contribution is 7.16. The van der Waals surface area contributed by atoms with Gasteiger partial charge in [-0.15, -0.1) is 11.3 Å². The Labute approximate surface area is 150 Å². The van der Waals surface area contributed by atoms with Crippen LogP contribution in [0.25, 0.3) is 0 Å². The third-order valence-electron chi connectivity index (χ3n) is 3.79. The van der Waals surface area contributed by atoms with Gasteiger partial charge in [0.05, 0.1) is 10.4 Å². The molecule has 2 heterocycles. The average molecular weight is 368 g/mol. The summed E-state index contributed by atoms with van der Waals surface area (Å²) in [6.07, 6.45) is 0.322. The summed E-state index contributed by atoms with van der Waals surface area (Å²) >= 11 is 7.69. The summed E-state index contributed by atoms with van der Waals surface area (Å²) in [7, 11) is 0. The van der Waals surface area contributed by atoms with Crippen LogP contribution in [0, 0.1) is 5.82 Å². The van der Waals surface area contributed by atoms with Gasteiger partial charge in [-0.2, -0.15) is 0 Å². The Hall–Kier alpha value is -1.59. The first-order valence-corrected chi connectivity index (χ1v) is 8.97. The second-order valence-corrected chi connectivity index (χ2v) is 8.58. The second kappa shape index (κ2) is 6.37. The summed E-state index contributed by atoms with van der Waals surface area (Å²) in [5, 5.41) is 0. The van der Waals surface area contributed by atoms with Gasteiger partial charge < -0.3 is 4.74 Å². The predicted octanol–water partition coefficient (Wildman–Crippen LogP) is 5.42. The molecular formula is C18H19ClFNO2S. The van der Waals surface area contributed by atoms with E-state index in [9.17, 15) is 9.18 Å². The van der Waals surface area contributed by atoms with Gasteiger partial charge in [-0.05, 0) is 56.5 Å². The van der Waals surface area contributed by atoms with Crippen molar-refractivity contribution in [3.8, 4) is 0 Å². The zero-order valence-electron chi connectivity index (χ0n) is 13.8. The van der Waals surface area contributed by atoms with Crippen LogP contribution in [0.5, 0.6) is 0 Å². The van der Waals surface area contributed by atoms with Crippen LogP contribution in [0.3, 0.4) is 0 Å². The standard InChI is InChI=1S/C18H19ClFNO2S/c1-18(2,3)23-17(22)21-8-7-14-13(10-15(19)24-14)16(21)11-5-4-6-12(20)9-11/h4-6,9-10,16H,7-8H2,1-3H3. The number of hydrogen-bond acceptors (Lipinski definition) is 3. The molecule has 1 aliphatic heterocycles. The molecule has 0 aliphatic carbocycles. The van der Waals surface area contributed by atoms with Crippen molar-refractivity contribution in [1.82, 2.24) is 4.90 Å². The van der Waals surface area contributed by atoms with E-state index in [2.05, 4.69) is 0 Å². The fraction of sp³-hybridized carbons (Fsp3) is 0.389. The van der Waals surface area contributed by atoms with Gasteiger partial charge >= 0.3 is 6.09 Å². The molecule has 0 saturated heterocycles. The zero-order valence-corrected chi connectivity index (χ0v) is 15.4. The van der Waals surface area contributed by atoms with Crippen LogP contribution in [0.1, 0.15) is 42.8 Å². The second-order valence-electron chi connectivity index (χ2n) is 6.81. The van der Waals surface area contributed by atoms with Crippen LogP contribution in [-0.2, 0) is 11.2 Å². The first-order valence-electron chi connectivity index (χ1n) is 7.78. The van der Waals surface area contributed by atoms with Crippen LogP contribution in [0.2, 0.25) is 4.34 Å². The summed E-state index contributed by atoms with van der Waals surface area (Å²) in [5.41, 5.74) is 1.08. The molecule has 0 saturated carbocycles. The molecule has 1 unspecified atom stereocenters. The van der Waals surface area contributed by atoms with Crippen LogP contribution < -0.4 is 0 Å². The number of nitrogens with zero attached hydrogens (tertiary/aromatic N) is 1. The third-order valence-corrected chi connectivity index (χ3v) is 5.13. The molecule has 1 atom stereocenters. The monoisotopic (exact) mass is 367 g/mol. The van der Waals surface area contributed by atoms with Crippen molar-refractivity contribution in [2.24, 2.45) is 0 Å². The molecular weight excluding hydrogens is 349 g/mol. The van der Waals surface area contributed by atoms with Gasteiger partial charge in [0.2, 0.25) is 0 Å². The maximum Gasteiger partial charge on any atom is 0.411 e. The molecule has 24 heavy (non-hydrogen) atoms. The molecule has 2 aromatic rings. The summed E-state index contributed by atoms with van der Waals surface area (Å²) in [4.78, 5) is 15.5.